The van der Waals surface area contributed by atoms with Crippen LogP contribution in [0.1, 0.15) is 5.56 Å². The maximum Gasteiger partial charge on any atom is 0.129 e. The summed E-state index contributed by atoms with van der Waals surface area (Å²) in [6, 6.07) is 17.4. The molecule has 132 valence electrons. The average molecular weight is 366 g/mol. The van der Waals surface area contributed by atoms with E-state index < -0.39 is 0 Å². The third kappa shape index (κ3) is 3.64. The molecular formula is C20H20ClN5. The van der Waals surface area contributed by atoms with Gasteiger partial charge in [0.25, 0.3) is 0 Å². The number of rotatable bonds is 3. The van der Waals surface area contributed by atoms with Crippen LogP contribution in [0.15, 0.2) is 54.6 Å². The van der Waals surface area contributed by atoms with Crippen molar-refractivity contribution in [3.05, 3.63) is 65.2 Å². The number of amidine groups is 1. The van der Waals surface area contributed by atoms with E-state index in [1.165, 1.54) is 0 Å². The van der Waals surface area contributed by atoms with E-state index in [1.807, 2.05) is 30.3 Å². The number of fused-ring (bicyclic) bond motifs is 1. The summed E-state index contributed by atoms with van der Waals surface area (Å²) in [4.78, 5) is 7.09. The average Bonchev–Trinajstić information content (AvgIpc) is 2.69. The van der Waals surface area contributed by atoms with E-state index in [4.69, 9.17) is 22.0 Å². The number of benzene rings is 2. The van der Waals surface area contributed by atoms with Crippen molar-refractivity contribution in [2.75, 3.05) is 36.4 Å². The van der Waals surface area contributed by atoms with Crippen molar-refractivity contribution >= 4 is 39.8 Å². The lowest BCUT2D eigenvalue weighted by Crippen LogP contribution is -2.43. The number of hydrogen-bond acceptors (Lipinski definition) is 4. The lowest BCUT2D eigenvalue weighted by atomic mass is 10.1. The summed E-state index contributed by atoms with van der Waals surface area (Å²) < 4.78 is 0. The Labute approximate surface area is 157 Å². The molecule has 1 aromatic heterocycles. The van der Waals surface area contributed by atoms with Gasteiger partial charge in [0.05, 0.1) is 5.52 Å². The molecule has 26 heavy (non-hydrogen) atoms. The van der Waals surface area contributed by atoms with Crippen LogP contribution in [0.3, 0.4) is 0 Å². The smallest absolute Gasteiger partial charge is 0.129 e. The van der Waals surface area contributed by atoms with Crippen molar-refractivity contribution in [3.63, 3.8) is 0 Å². The van der Waals surface area contributed by atoms with Crippen LogP contribution in [-0.4, -0.2) is 37.0 Å². The summed E-state index contributed by atoms with van der Waals surface area (Å²) in [5, 5.41) is 16.5. The summed E-state index contributed by atoms with van der Waals surface area (Å²) >= 11 is 5.90. The SMILES string of the molecule is N=C(Nc1ccc(Cl)cc1)c1ccc2nc(N3CCNCC3)ccc2c1. The quantitative estimate of drug-likeness (QED) is 0.488. The van der Waals surface area contributed by atoms with Crippen LogP contribution in [0.25, 0.3) is 10.9 Å². The number of anilines is 2. The van der Waals surface area contributed by atoms with Crippen LogP contribution in [-0.2, 0) is 0 Å². The zero-order chi connectivity index (χ0) is 17.9. The Bertz CT molecular complexity index is 933. The number of pyridine rings is 1. The first-order valence-electron chi connectivity index (χ1n) is 8.67. The third-order valence-electron chi connectivity index (χ3n) is 4.52. The molecule has 0 amide bonds. The first-order chi connectivity index (χ1) is 12.7. The monoisotopic (exact) mass is 365 g/mol. The Morgan fingerprint density at radius 2 is 1.81 bits per heavy atom. The van der Waals surface area contributed by atoms with Gasteiger partial charge in [-0.3, -0.25) is 5.41 Å². The number of hydrogen-bond donors (Lipinski definition) is 3. The van der Waals surface area contributed by atoms with E-state index in [9.17, 15) is 0 Å². The number of aromatic nitrogens is 1. The van der Waals surface area contributed by atoms with E-state index in [-0.39, 0.29) is 0 Å². The molecule has 0 aliphatic carbocycles. The number of nitrogens with zero attached hydrogens (tertiary/aromatic N) is 2. The fraction of sp³-hybridized carbons (Fsp3) is 0.200. The van der Waals surface area contributed by atoms with Crippen LogP contribution < -0.4 is 15.5 Å². The van der Waals surface area contributed by atoms with Crippen LogP contribution in [0.2, 0.25) is 5.02 Å². The van der Waals surface area contributed by atoms with E-state index in [2.05, 4.69) is 27.7 Å². The first kappa shape index (κ1) is 16.8. The molecule has 5 nitrogen and oxygen atoms in total. The summed E-state index contributed by atoms with van der Waals surface area (Å²) in [5.74, 6) is 1.36. The molecule has 0 radical (unpaired) electrons. The zero-order valence-electron chi connectivity index (χ0n) is 14.3. The standard InChI is InChI=1S/C20H20ClN5/c21-16-3-5-17(6-4-16)24-20(22)15-1-7-18-14(13-15)2-8-19(25-18)26-11-9-23-10-12-26/h1-8,13,23H,9-12H2,(H2,22,24). The maximum absolute atomic E-state index is 8.32. The van der Waals surface area contributed by atoms with Gasteiger partial charge < -0.3 is 15.5 Å². The minimum absolute atomic E-state index is 0.348. The predicted molar refractivity (Wildman–Crippen MR) is 109 cm³/mol. The number of piperazine rings is 1. The molecule has 0 spiro atoms. The van der Waals surface area contributed by atoms with Gasteiger partial charge in [-0.15, -0.1) is 0 Å². The van der Waals surface area contributed by atoms with Crippen molar-refractivity contribution in [2.45, 2.75) is 0 Å². The largest absolute Gasteiger partial charge is 0.354 e. The van der Waals surface area contributed by atoms with E-state index in [0.717, 1.165) is 54.2 Å². The van der Waals surface area contributed by atoms with Crippen molar-refractivity contribution in [1.82, 2.24) is 10.3 Å². The second-order valence-electron chi connectivity index (χ2n) is 6.32. The first-order valence-corrected chi connectivity index (χ1v) is 9.05. The van der Waals surface area contributed by atoms with E-state index >= 15 is 0 Å². The van der Waals surface area contributed by atoms with E-state index in [1.54, 1.807) is 12.1 Å². The summed E-state index contributed by atoms with van der Waals surface area (Å²) in [6.45, 7) is 3.94. The predicted octanol–water partition coefficient (Wildman–Crippen LogP) is 3.74. The van der Waals surface area contributed by atoms with Gasteiger partial charge >= 0.3 is 0 Å². The minimum atomic E-state index is 0.348. The molecule has 6 heteroatoms. The minimum Gasteiger partial charge on any atom is -0.354 e. The Morgan fingerprint density at radius 3 is 2.58 bits per heavy atom. The molecule has 1 fully saturated rings. The Kier molecular flexibility index (Phi) is 4.73. The molecule has 3 N–H and O–H groups in total. The molecule has 1 aliphatic rings. The Hall–Kier alpha value is -2.63. The molecule has 4 rings (SSSR count). The Morgan fingerprint density at radius 1 is 1.04 bits per heavy atom. The van der Waals surface area contributed by atoms with Gasteiger partial charge in [0, 0.05) is 47.8 Å². The molecule has 2 aromatic carbocycles. The normalized spacial score (nSPS) is 14.4. The van der Waals surface area contributed by atoms with Crippen LogP contribution in [0, 0.1) is 5.41 Å². The summed E-state index contributed by atoms with van der Waals surface area (Å²) in [7, 11) is 0. The van der Waals surface area contributed by atoms with Crippen molar-refractivity contribution in [1.29, 1.82) is 5.41 Å². The number of halogens is 1. The van der Waals surface area contributed by atoms with Gasteiger partial charge in [-0.1, -0.05) is 11.6 Å². The summed E-state index contributed by atoms with van der Waals surface area (Å²) in [6.07, 6.45) is 0. The van der Waals surface area contributed by atoms with Crippen LogP contribution in [0.4, 0.5) is 11.5 Å². The highest BCUT2D eigenvalue weighted by molar-refractivity contribution is 6.30. The Balaban J connectivity index is 1.55. The second kappa shape index (κ2) is 7.32. The van der Waals surface area contributed by atoms with E-state index in [0.29, 0.717) is 10.9 Å². The lowest BCUT2D eigenvalue weighted by Gasteiger charge is -2.28. The molecule has 1 aliphatic heterocycles. The summed E-state index contributed by atoms with van der Waals surface area (Å²) in [5.41, 5.74) is 2.61. The van der Waals surface area contributed by atoms with Crippen molar-refractivity contribution in [3.8, 4) is 0 Å². The molecule has 1 saturated heterocycles. The van der Waals surface area contributed by atoms with Gasteiger partial charge in [0.15, 0.2) is 0 Å². The van der Waals surface area contributed by atoms with Gasteiger partial charge in [0.2, 0.25) is 0 Å². The molecule has 0 unspecified atom stereocenters. The zero-order valence-corrected chi connectivity index (χ0v) is 15.1. The van der Waals surface area contributed by atoms with Gasteiger partial charge in [-0.05, 0) is 54.6 Å². The van der Waals surface area contributed by atoms with Crippen LogP contribution >= 0.6 is 11.6 Å². The molecule has 2 heterocycles. The fourth-order valence-electron chi connectivity index (χ4n) is 3.09. The topological polar surface area (TPSA) is 64.0 Å². The fourth-order valence-corrected chi connectivity index (χ4v) is 3.22. The maximum atomic E-state index is 8.32. The molecule has 0 bridgehead atoms. The lowest BCUT2D eigenvalue weighted by molar-refractivity contribution is 0.585. The van der Waals surface area contributed by atoms with Crippen molar-refractivity contribution in [2.24, 2.45) is 0 Å². The molecule has 0 saturated carbocycles. The highest BCUT2D eigenvalue weighted by Crippen LogP contribution is 2.21. The van der Waals surface area contributed by atoms with Crippen LogP contribution in [0.5, 0.6) is 0 Å². The second-order valence-corrected chi connectivity index (χ2v) is 6.76. The highest BCUT2D eigenvalue weighted by atomic mass is 35.5. The highest BCUT2D eigenvalue weighted by Gasteiger charge is 2.12. The van der Waals surface area contributed by atoms with Gasteiger partial charge in [-0.2, -0.15) is 0 Å². The molecular weight excluding hydrogens is 346 g/mol. The van der Waals surface area contributed by atoms with Gasteiger partial charge in [0.1, 0.15) is 11.7 Å². The molecule has 0 atom stereocenters. The third-order valence-corrected chi connectivity index (χ3v) is 4.77. The number of nitrogens with one attached hydrogen (secondary N) is 3. The molecule has 3 aromatic rings. The van der Waals surface area contributed by atoms with Gasteiger partial charge in [-0.25, -0.2) is 4.98 Å². The van der Waals surface area contributed by atoms with Crippen molar-refractivity contribution < 1.29 is 0 Å².